The van der Waals surface area contributed by atoms with Crippen LogP contribution in [-0.2, 0) is 4.79 Å². The lowest BCUT2D eigenvalue weighted by Crippen LogP contribution is -2.33. The molecule has 0 aromatic heterocycles. The van der Waals surface area contributed by atoms with Crippen LogP contribution in [0.1, 0.15) is 11.1 Å². The first-order valence-electron chi connectivity index (χ1n) is 7.91. The van der Waals surface area contributed by atoms with Crippen LogP contribution >= 0.6 is 24.0 Å². The standard InChI is InChI=1S/C19H18N2O3S2/c1-12-3-6-14(7-4-12)20-11-21-18(23)17(26-19(21)25)10-13-5-8-15(22)16(9-13)24-2/h3-10,20,22H,11H2,1-2H3/b17-10-. The zero-order valence-corrected chi connectivity index (χ0v) is 16.0. The molecule has 0 radical (unpaired) electrons. The average molecular weight is 386 g/mol. The Morgan fingerprint density at radius 3 is 2.69 bits per heavy atom. The van der Waals surface area contributed by atoms with Gasteiger partial charge in [-0.05, 0) is 42.8 Å². The number of methoxy groups -OCH3 is 1. The van der Waals surface area contributed by atoms with E-state index in [0.29, 0.717) is 21.6 Å². The topological polar surface area (TPSA) is 61.8 Å². The summed E-state index contributed by atoms with van der Waals surface area (Å²) in [6, 6.07) is 12.9. The number of anilines is 1. The van der Waals surface area contributed by atoms with Gasteiger partial charge >= 0.3 is 0 Å². The van der Waals surface area contributed by atoms with Crippen molar-refractivity contribution in [1.29, 1.82) is 0 Å². The maximum absolute atomic E-state index is 12.6. The molecule has 1 amide bonds. The van der Waals surface area contributed by atoms with Gasteiger partial charge < -0.3 is 15.2 Å². The highest BCUT2D eigenvalue weighted by molar-refractivity contribution is 8.26. The lowest BCUT2D eigenvalue weighted by molar-refractivity contribution is -0.121. The van der Waals surface area contributed by atoms with E-state index in [0.717, 1.165) is 11.3 Å². The Balaban J connectivity index is 1.72. The SMILES string of the molecule is COc1cc(/C=C2\SC(=S)N(CNc3ccc(C)cc3)C2=O)ccc1O. The number of nitrogens with zero attached hydrogens (tertiary/aromatic N) is 1. The first-order valence-corrected chi connectivity index (χ1v) is 9.13. The monoisotopic (exact) mass is 386 g/mol. The summed E-state index contributed by atoms with van der Waals surface area (Å²) >= 11 is 6.60. The van der Waals surface area contributed by atoms with Crippen LogP contribution in [0.2, 0.25) is 0 Å². The molecule has 3 rings (SSSR count). The number of rotatable bonds is 5. The van der Waals surface area contributed by atoms with Crippen LogP contribution in [-0.4, -0.2) is 34.0 Å². The zero-order chi connectivity index (χ0) is 18.7. The van der Waals surface area contributed by atoms with Crippen LogP contribution in [0, 0.1) is 6.92 Å². The first kappa shape index (κ1) is 18.3. The molecule has 1 aliphatic heterocycles. The summed E-state index contributed by atoms with van der Waals surface area (Å²) in [5.41, 5.74) is 2.86. The molecule has 0 saturated carbocycles. The largest absolute Gasteiger partial charge is 0.504 e. The van der Waals surface area contributed by atoms with Crippen molar-refractivity contribution in [2.45, 2.75) is 6.92 Å². The maximum Gasteiger partial charge on any atom is 0.267 e. The van der Waals surface area contributed by atoms with Gasteiger partial charge in [0, 0.05) is 5.69 Å². The highest BCUT2D eigenvalue weighted by Crippen LogP contribution is 2.34. The predicted molar refractivity (Wildman–Crippen MR) is 109 cm³/mol. The van der Waals surface area contributed by atoms with Crippen molar-refractivity contribution >= 4 is 46.0 Å². The second kappa shape index (κ2) is 7.80. The summed E-state index contributed by atoms with van der Waals surface area (Å²) in [5.74, 6) is 0.265. The van der Waals surface area contributed by atoms with E-state index in [1.807, 2.05) is 31.2 Å². The van der Waals surface area contributed by atoms with Crippen molar-refractivity contribution in [2.24, 2.45) is 0 Å². The Labute approximate surface area is 161 Å². The number of phenolic OH excluding ortho intramolecular Hbond substituents is 1. The lowest BCUT2D eigenvalue weighted by Gasteiger charge is -2.16. The van der Waals surface area contributed by atoms with Crippen molar-refractivity contribution in [3.05, 3.63) is 58.5 Å². The highest BCUT2D eigenvalue weighted by atomic mass is 32.2. The first-order chi connectivity index (χ1) is 12.5. The summed E-state index contributed by atoms with van der Waals surface area (Å²) in [5, 5.41) is 12.9. The van der Waals surface area contributed by atoms with Crippen LogP contribution in [0.4, 0.5) is 5.69 Å². The number of amides is 1. The van der Waals surface area contributed by atoms with Crippen LogP contribution in [0.25, 0.3) is 6.08 Å². The van der Waals surface area contributed by atoms with Crippen LogP contribution in [0.3, 0.4) is 0 Å². The summed E-state index contributed by atoms with van der Waals surface area (Å²) in [7, 11) is 1.48. The molecule has 1 aliphatic rings. The minimum Gasteiger partial charge on any atom is -0.504 e. The van der Waals surface area contributed by atoms with Crippen LogP contribution in [0.15, 0.2) is 47.4 Å². The van der Waals surface area contributed by atoms with E-state index < -0.39 is 0 Å². The predicted octanol–water partition coefficient (Wildman–Crippen LogP) is 3.98. The molecule has 5 nitrogen and oxygen atoms in total. The van der Waals surface area contributed by atoms with Crippen molar-refractivity contribution in [1.82, 2.24) is 4.90 Å². The van der Waals surface area contributed by atoms with Gasteiger partial charge in [0.15, 0.2) is 11.5 Å². The summed E-state index contributed by atoms with van der Waals surface area (Å²) < 4.78 is 5.60. The van der Waals surface area contributed by atoms with Gasteiger partial charge in [-0.25, -0.2) is 0 Å². The molecular formula is C19H18N2O3S2. The third kappa shape index (κ3) is 4.00. The Kier molecular flexibility index (Phi) is 5.49. The molecule has 1 fully saturated rings. The van der Waals surface area contributed by atoms with Gasteiger partial charge in [-0.2, -0.15) is 0 Å². The van der Waals surface area contributed by atoms with E-state index in [4.69, 9.17) is 17.0 Å². The number of ether oxygens (including phenoxy) is 1. The fourth-order valence-electron chi connectivity index (χ4n) is 2.41. The fraction of sp³-hybridized carbons (Fsp3) is 0.158. The Morgan fingerprint density at radius 2 is 2.00 bits per heavy atom. The second-order valence-electron chi connectivity index (χ2n) is 5.74. The minimum atomic E-state index is -0.147. The van der Waals surface area contributed by atoms with E-state index in [-0.39, 0.29) is 11.7 Å². The number of carbonyl (C=O) groups is 1. The van der Waals surface area contributed by atoms with Gasteiger partial charge in [0.25, 0.3) is 5.91 Å². The number of benzene rings is 2. The van der Waals surface area contributed by atoms with Gasteiger partial charge in [-0.1, -0.05) is 47.7 Å². The molecule has 0 atom stereocenters. The minimum absolute atomic E-state index is 0.0551. The maximum atomic E-state index is 12.6. The third-order valence-electron chi connectivity index (χ3n) is 3.87. The van der Waals surface area contributed by atoms with Gasteiger partial charge in [-0.3, -0.25) is 9.69 Å². The molecule has 2 aromatic rings. The Bertz CT molecular complexity index is 879. The zero-order valence-electron chi connectivity index (χ0n) is 14.4. The third-order valence-corrected chi connectivity index (χ3v) is 5.25. The summed E-state index contributed by atoms with van der Waals surface area (Å²) in [6.07, 6.45) is 1.74. The molecule has 134 valence electrons. The Hall–Kier alpha value is -2.51. The molecule has 26 heavy (non-hydrogen) atoms. The van der Waals surface area contributed by atoms with E-state index in [1.165, 1.54) is 35.4 Å². The van der Waals surface area contributed by atoms with E-state index >= 15 is 0 Å². The number of phenols is 1. The number of thioether (sulfide) groups is 1. The normalized spacial score (nSPS) is 15.6. The number of hydrogen-bond donors (Lipinski definition) is 2. The molecule has 1 saturated heterocycles. The number of nitrogens with one attached hydrogen (secondary N) is 1. The quantitative estimate of drug-likeness (QED) is 0.599. The molecule has 0 unspecified atom stereocenters. The number of thiocarbonyl (C=S) groups is 1. The molecule has 2 aromatic carbocycles. The highest BCUT2D eigenvalue weighted by Gasteiger charge is 2.31. The van der Waals surface area contributed by atoms with Gasteiger partial charge in [0.1, 0.15) is 4.32 Å². The van der Waals surface area contributed by atoms with Crippen molar-refractivity contribution in [3.8, 4) is 11.5 Å². The van der Waals surface area contributed by atoms with E-state index in [9.17, 15) is 9.90 Å². The van der Waals surface area contributed by atoms with E-state index in [2.05, 4.69) is 5.32 Å². The number of carbonyl (C=O) groups excluding carboxylic acids is 1. The lowest BCUT2D eigenvalue weighted by atomic mass is 10.2. The summed E-state index contributed by atoms with van der Waals surface area (Å²) in [6.45, 7) is 2.33. The molecule has 0 spiro atoms. The van der Waals surface area contributed by atoms with Crippen LogP contribution in [0.5, 0.6) is 11.5 Å². The number of aryl methyl sites for hydroxylation is 1. The van der Waals surface area contributed by atoms with Crippen molar-refractivity contribution < 1.29 is 14.6 Å². The van der Waals surface area contributed by atoms with Gasteiger partial charge in [0.2, 0.25) is 0 Å². The fourth-order valence-corrected chi connectivity index (χ4v) is 3.67. The van der Waals surface area contributed by atoms with E-state index in [1.54, 1.807) is 18.2 Å². The molecule has 0 aliphatic carbocycles. The van der Waals surface area contributed by atoms with Crippen molar-refractivity contribution in [2.75, 3.05) is 19.1 Å². The molecule has 0 bridgehead atoms. The second-order valence-corrected chi connectivity index (χ2v) is 7.42. The molecule has 7 heteroatoms. The average Bonchev–Trinajstić information content (AvgIpc) is 2.89. The molecule has 1 heterocycles. The number of hydrogen-bond acceptors (Lipinski definition) is 6. The smallest absolute Gasteiger partial charge is 0.267 e. The van der Waals surface area contributed by atoms with Gasteiger partial charge in [0.05, 0.1) is 18.7 Å². The number of aromatic hydroxyl groups is 1. The molecule has 2 N–H and O–H groups in total. The van der Waals surface area contributed by atoms with Crippen molar-refractivity contribution in [3.63, 3.8) is 0 Å². The van der Waals surface area contributed by atoms with Crippen LogP contribution < -0.4 is 10.1 Å². The Morgan fingerprint density at radius 1 is 1.27 bits per heavy atom. The molecular weight excluding hydrogens is 368 g/mol. The van der Waals surface area contributed by atoms with Gasteiger partial charge in [-0.15, -0.1) is 0 Å². The summed E-state index contributed by atoms with van der Waals surface area (Å²) in [4.78, 5) is 14.7.